The van der Waals surface area contributed by atoms with Gasteiger partial charge in [0.15, 0.2) is 0 Å². The molecule has 2 heteroatoms. The summed E-state index contributed by atoms with van der Waals surface area (Å²) in [5.41, 5.74) is 0. The van der Waals surface area contributed by atoms with Gasteiger partial charge in [0.1, 0.15) is 6.54 Å². The Morgan fingerprint density at radius 2 is 1.75 bits per heavy atom. The highest BCUT2D eigenvalue weighted by Crippen LogP contribution is 2.01. The lowest BCUT2D eigenvalue weighted by molar-refractivity contribution is -0.898. The van der Waals surface area contributed by atoms with E-state index in [1.807, 2.05) is 12.2 Å². The Morgan fingerprint density at radius 3 is 2.08 bits per heavy atom. The molecule has 70 valence electrons. The molecular weight excluding hydrogens is 150 g/mol. The Balaban J connectivity index is 3.96. The number of likely N-dealkylation sites (N-methyl/N-ethyl adjacent to an activating group) is 1. The lowest BCUT2D eigenvalue weighted by Gasteiger charge is -2.32. The van der Waals surface area contributed by atoms with Gasteiger partial charge in [0.05, 0.1) is 26.7 Å². The van der Waals surface area contributed by atoms with Crippen LogP contribution in [0.4, 0.5) is 0 Å². The first-order valence-electron chi connectivity index (χ1n) is 4.23. The summed E-state index contributed by atoms with van der Waals surface area (Å²) in [6, 6.07) is 0. The van der Waals surface area contributed by atoms with Crippen molar-refractivity contribution in [1.82, 2.24) is 0 Å². The molecular formula is C10H20NO+. The maximum absolute atomic E-state index is 5.05. The van der Waals surface area contributed by atoms with Crippen LogP contribution in [0.15, 0.2) is 25.3 Å². The van der Waals surface area contributed by atoms with Crippen molar-refractivity contribution >= 4 is 0 Å². The fraction of sp³-hybridized carbons (Fsp3) is 0.600. The Morgan fingerprint density at radius 1 is 1.25 bits per heavy atom. The summed E-state index contributed by atoms with van der Waals surface area (Å²) in [5, 5.41) is 0. The summed E-state index contributed by atoms with van der Waals surface area (Å²) in [4.78, 5) is 0. The van der Waals surface area contributed by atoms with Crippen LogP contribution in [-0.4, -0.2) is 44.9 Å². The smallest absolute Gasteiger partial charge is 0.103 e. The molecule has 0 saturated carbocycles. The van der Waals surface area contributed by atoms with Crippen molar-refractivity contribution in [2.24, 2.45) is 0 Å². The Kier molecular flexibility index (Phi) is 5.68. The summed E-state index contributed by atoms with van der Waals surface area (Å²) in [6.07, 6.45) is 3.89. The molecule has 12 heavy (non-hydrogen) atoms. The SMILES string of the molecule is C=CC[N+](C)(CC=C)CCOC. The van der Waals surface area contributed by atoms with E-state index in [2.05, 4.69) is 20.2 Å². The van der Waals surface area contributed by atoms with Crippen molar-refractivity contribution in [2.45, 2.75) is 0 Å². The van der Waals surface area contributed by atoms with Gasteiger partial charge in [0.25, 0.3) is 0 Å². The quantitative estimate of drug-likeness (QED) is 0.415. The van der Waals surface area contributed by atoms with Gasteiger partial charge in [-0.3, -0.25) is 0 Å². The van der Waals surface area contributed by atoms with Crippen molar-refractivity contribution in [3.05, 3.63) is 25.3 Å². The normalized spacial score (nSPS) is 11.2. The largest absolute Gasteiger partial charge is 0.379 e. The molecule has 0 rings (SSSR count). The molecule has 0 aliphatic rings. The molecule has 0 atom stereocenters. The highest BCUT2D eigenvalue weighted by molar-refractivity contribution is 4.70. The highest BCUT2D eigenvalue weighted by atomic mass is 16.5. The van der Waals surface area contributed by atoms with Crippen LogP contribution in [0.25, 0.3) is 0 Å². The summed E-state index contributed by atoms with van der Waals surface area (Å²) in [6.45, 7) is 11.2. The van der Waals surface area contributed by atoms with Gasteiger partial charge in [0.2, 0.25) is 0 Å². The van der Waals surface area contributed by atoms with Gasteiger partial charge in [-0.25, -0.2) is 0 Å². The van der Waals surface area contributed by atoms with E-state index in [0.717, 1.165) is 30.7 Å². The van der Waals surface area contributed by atoms with Crippen molar-refractivity contribution in [1.29, 1.82) is 0 Å². The first-order valence-corrected chi connectivity index (χ1v) is 4.23. The zero-order valence-electron chi connectivity index (χ0n) is 8.25. The third-order valence-electron chi connectivity index (χ3n) is 1.97. The predicted molar refractivity (Wildman–Crippen MR) is 53.1 cm³/mol. The number of quaternary nitrogens is 1. The van der Waals surface area contributed by atoms with Crippen molar-refractivity contribution in [2.75, 3.05) is 40.4 Å². The Bertz CT molecular complexity index is 133. The van der Waals surface area contributed by atoms with Gasteiger partial charge in [-0.1, -0.05) is 13.2 Å². The second-order valence-corrected chi connectivity index (χ2v) is 3.28. The third kappa shape index (κ3) is 4.31. The molecule has 0 unspecified atom stereocenters. The molecule has 0 spiro atoms. The molecule has 0 bridgehead atoms. The monoisotopic (exact) mass is 170 g/mol. The molecule has 0 aromatic carbocycles. The van der Waals surface area contributed by atoms with Gasteiger partial charge in [-0.05, 0) is 12.2 Å². The molecule has 0 saturated heterocycles. The molecule has 2 nitrogen and oxygen atoms in total. The second kappa shape index (κ2) is 5.98. The third-order valence-corrected chi connectivity index (χ3v) is 1.97. The average Bonchev–Trinajstić information content (AvgIpc) is 2.02. The minimum atomic E-state index is 0.790. The zero-order valence-corrected chi connectivity index (χ0v) is 8.25. The average molecular weight is 170 g/mol. The molecule has 0 aliphatic carbocycles. The summed E-state index contributed by atoms with van der Waals surface area (Å²) in [7, 11) is 3.91. The van der Waals surface area contributed by atoms with Gasteiger partial charge in [-0.15, -0.1) is 0 Å². The van der Waals surface area contributed by atoms with E-state index in [1.54, 1.807) is 7.11 Å². The van der Waals surface area contributed by atoms with Gasteiger partial charge in [0, 0.05) is 7.11 Å². The van der Waals surface area contributed by atoms with Crippen LogP contribution >= 0.6 is 0 Å². The van der Waals surface area contributed by atoms with Crippen molar-refractivity contribution < 1.29 is 9.22 Å². The van der Waals surface area contributed by atoms with Crippen LogP contribution in [0.3, 0.4) is 0 Å². The van der Waals surface area contributed by atoms with Gasteiger partial charge in [-0.2, -0.15) is 0 Å². The number of rotatable bonds is 7. The minimum Gasteiger partial charge on any atom is -0.379 e. The van der Waals surface area contributed by atoms with E-state index in [4.69, 9.17) is 4.74 Å². The first-order chi connectivity index (χ1) is 5.68. The maximum Gasteiger partial charge on any atom is 0.103 e. The Labute approximate surface area is 75.7 Å². The molecule has 0 fully saturated rings. The molecule has 0 aromatic heterocycles. The fourth-order valence-corrected chi connectivity index (χ4v) is 1.19. The molecule has 0 radical (unpaired) electrons. The zero-order chi connectivity index (χ0) is 9.45. The van der Waals surface area contributed by atoms with Crippen LogP contribution in [0, 0.1) is 0 Å². The fourth-order valence-electron chi connectivity index (χ4n) is 1.19. The number of nitrogens with zero attached hydrogens (tertiary/aromatic N) is 1. The lowest BCUT2D eigenvalue weighted by atomic mass is 10.3. The molecule has 0 aliphatic heterocycles. The van der Waals surface area contributed by atoms with E-state index >= 15 is 0 Å². The van der Waals surface area contributed by atoms with Crippen LogP contribution in [0.1, 0.15) is 0 Å². The maximum atomic E-state index is 5.05. The van der Waals surface area contributed by atoms with Gasteiger partial charge < -0.3 is 9.22 Å². The van der Waals surface area contributed by atoms with Crippen LogP contribution in [0.2, 0.25) is 0 Å². The summed E-state index contributed by atoms with van der Waals surface area (Å²) >= 11 is 0. The van der Waals surface area contributed by atoms with Gasteiger partial charge >= 0.3 is 0 Å². The van der Waals surface area contributed by atoms with E-state index < -0.39 is 0 Å². The first kappa shape index (κ1) is 11.4. The Hall–Kier alpha value is -0.600. The van der Waals surface area contributed by atoms with Crippen molar-refractivity contribution in [3.8, 4) is 0 Å². The van der Waals surface area contributed by atoms with Crippen LogP contribution in [0.5, 0.6) is 0 Å². The minimum absolute atomic E-state index is 0.790. The van der Waals surface area contributed by atoms with Crippen molar-refractivity contribution in [3.63, 3.8) is 0 Å². The second-order valence-electron chi connectivity index (χ2n) is 3.28. The summed E-state index contributed by atoms with van der Waals surface area (Å²) in [5.74, 6) is 0. The molecule has 0 amide bonds. The predicted octanol–water partition coefficient (Wildman–Crippen LogP) is 1.45. The number of methoxy groups -OCH3 is 1. The number of hydrogen-bond acceptors (Lipinski definition) is 1. The highest BCUT2D eigenvalue weighted by Gasteiger charge is 2.16. The van der Waals surface area contributed by atoms with E-state index in [0.29, 0.717) is 0 Å². The van der Waals surface area contributed by atoms with E-state index in [1.165, 1.54) is 0 Å². The number of ether oxygens (including phenoxy) is 1. The molecule has 0 heterocycles. The molecule has 0 N–H and O–H groups in total. The van der Waals surface area contributed by atoms with E-state index in [9.17, 15) is 0 Å². The standard InChI is InChI=1S/C10H20NO/c1-5-7-11(3,8-6-2)9-10-12-4/h5-6H,1-2,7-10H2,3-4H3/q+1. The number of hydrogen-bond donors (Lipinski definition) is 0. The molecule has 0 aromatic rings. The van der Waals surface area contributed by atoms with Crippen LogP contribution < -0.4 is 0 Å². The summed E-state index contributed by atoms with van der Waals surface area (Å²) < 4.78 is 5.98. The topological polar surface area (TPSA) is 9.23 Å². The lowest BCUT2D eigenvalue weighted by Crippen LogP contribution is -2.46. The van der Waals surface area contributed by atoms with Crippen LogP contribution in [-0.2, 0) is 4.74 Å². The van der Waals surface area contributed by atoms with E-state index in [-0.39, 0.29) is 0 Å².